The highest BCUT2D eigenvalue weighted by Gasteiger charge is 2.15. The number of unbranched alkanes of at least 4 members (excludes halogenated alkanes) is 1. The molecule has 0 aromatic carbocycles. The van der Waals surface area contributed by atoms with Crippen LogP contribution in [0.2, 0.25) is 0 Å². The van der Waals surface area contributed by atoms with Crippen molar-refractivity contribution in [3.8, 4) is 0 Å². The highest BCUT2D eigenvalue weighted by Crippen LogP contribution is 2.07. The van der Waals surface area contributed by atoms with Gasteiger partial charge in [0.2, 0.25) is 0 Å². The monoisotopic (exact) mass is 308 g/mol. The zero-order chi connectivity index (χ0) is 16.8. The maximum atomic E-state index is 12.0. The Hall–Kier alpha value is -2.11. The first-order chi connectivity index (χ1) is 10.2. The van der Waals surface area contributed by atoms with Crippen LogP contribution in [0.25, 0.3) is 0 Å². The fourth-order valence-corrected chi connectivity index (χ4v) is 1.82. The number of alkyl carbamates (subject to hydrolysis) is 1. The quantitative estimate of drug-likeness (QED) is 0.624. The van der Waals surface area contributed by atoms with E-state index in [-0.39, 0.29) is 11.3 Å². The van der Waals surface area contributed by atoms with E-state index in [1.165, 1.54) is 6.20 Å². The number of nitrogens with one attached hydrogen (secondary N) is 2. The number of ketones is 1. The van der Waals surface area contributed by atoms with Gasteiger partial charge in [0.25, 0.3) is 5.56 Å². The third kappa shape index (κ3) is 6.56. The first-order valence-corrected chi connectivity index (χ1v) is 7.38. The van der Waals surface area contributed by atoms with Gasteiger partial charge in [0.05, 0.1) is 0 Å². The number of ether oxygens (including phenoxy) is 1. The molecule has 0 aliphatic heterocycles. The van der Waals surface area contributed by atoms with Crippen molar-refractivity contribution in [1.82, 2.24) is 10.3 Å². The predicted molar refractivity (Wildman–Crippen MR) is 84.2 cm³/mol. The Bertz CT molecular complexity index is 585. The van der Waals surface area contributed by atoms with Crippen molar-refractivity contribution in [1.29, 1.82) is 0 Å². The van der Waals surface area contributed by atoms with E-state index in [0.29, 0.717) is 36.9 Å². The van der Waals surface area contributed by atoms with Crippen LogP contribution in [0.4, 0.5) is 4.79 Å². The van der Waals surface area contributed by atoms with Crippen molar-refractivity contribution in [2.45, 2.75) is 52.6 Å². The summed E-state index contributed by atoms with van der Waals surface area (Å²) in [6.07, 6.45) is 2.72. The average molecular weight is 308 g/mol. The molecule has 1 rings (SSSR count). The summed E-state index contributed by atoms with van der Waals surface area (Å²) in [5, 5.41) is 2.65. The Labute approximate surface area is 130 Å². The van der Waals surface area contributed by atoms with Gasteiger partial charge in [-0.2, -0.15) is 0 Å². The molecule has 22 heavy (non-hydrogen) atoms. The van der Waals surface area contributed by atoms with E-state index >= 15 is 0 Å². The van der Waals surface area contributed by atoms with Crippen molar-refractivity contribution in [2.75, 3.05) is 6.54 Å². The van der Waals surface area contributed by atoms with Gasteiger partial charge in [0.15, 0.2) is 5.78 Å². The van der Waals surface area contributed by atoms with E-state index in [4.69, 9.17) is 4.74 Å². The second kappa shape index (κ2) is 7.77. The topological polar surface area (TPSA) is 88.3 Å². The Kier molecular flexibility index (Phi) is 6.34. The average Bonchev–Trinajstić information content (AvgIpc) is 2.39. The standard InChI is InChI=1S/C16H24N2O4/c1-11-9-12(10-18-14(11)20)13(19)7-5-6-8-17-15(21)22-16(2,3)4/h9-10H,5-8H2,1-4H3,(H,17,21)(H,18,20). The van der Waals surface area contributed by atoms with Crippen LogP contribution in [0.5, 0.6) is 0 Å². The number of hydrogen-bond donors (Lipinski definition) is 2. The fraction of sp³-hybridized carbons (Fsp3) is 0.562. The van der Waals surface area contributed by atoms with Gasteiger partial charge in [-0.25, -0.2) is 4.79 Å². The first-order valence-electron chi connectivity index (χ1n) is 7.38. The van der Waals surface area contributed by atoms with Crippen molar-refractivity contribution in [3.05, 3.63) is 33.7 Å². The summed E-state index contributed by atoms with van der Waals surface area (Å²) in [6.45, 7) is 7.54. The minimum Gasteiger partial charge on any atom is -0.444 e. The molecule has 0 aliphatic carbocycles. The number of H-pyrrole nitrogens is 1. The molecular formula is C16H24N2O4. The Morgan fingerprint density at radius 1 is 1.27 bits per heavy atom. The smallest absolute Gasteiger partial charge is 0.407 e. The molecule has 0 bridgehead atoms. The molecule has 2 N–H and O–H groups in total. The lowest BCUT2D eigenvalue weighted by molar-refractivity contribution is 0.0527. The molecule has 122 valence electrons. The summed E-state index contributed by atoms with van der Waals surface area (Å²) in [6, 6.07) is 1.60. The lowest BCUT2D eigenvalue weighted by Gasteiger charge is -2.19. The largest absolute Gasteiger partial charge is 0.444 e. The van der Waals surface area contributed by atoms with Crippen molar-refractivity contribution in [2.24, 2.45) is 0 Å². The lowest BCUT2D eigenvalue weighted by Crippen LogP contribution is -2.33. The zero-order valence-electron chi connectivity index (χ0n) is 13.6. The molecule has 0 unspecified atom stereocenters. The van der Waals surface area contributed by atoms with Crippen LogP contribution in [0.1, 0.15) is 56.0 Å². The highest BCUT2D eigenvalue weighted by atomic mass is 16.6. The maximum Gasteiger partial charge on any atom is 0.407 e. The van der Waals surface area contributed by atoms with E-state index in [1.54, 1.807) is 33.8 Å². The summed E-state index contributed by atoms with van der Waals surface area (Å²) in [7, 11) is 0. The first kappa shape index (κ1) is 17.9. The number of carbonyl (C=O) groups is 2. The number of Topliss-reactive ketones (excluding diaryl/α,β-unsaturated/α-hetero) is 1. The molecule has 0 atom stereocenters. The number of amides is 1. The van der Waals surface area contributed by atoms with Gasteiger partial charge in [0.1, 0.15) is 5.60 Å². The Morgan fingerprint density at radius 3 is 2.55 bits per heavy atom. The maximum absolute atomic E-state index is 12.0. The number of aromatic amines is 1. The minimum absolute atomic E-state index is 0.0170. The molecule has 1 heterocycles. The van der Waals surface area contributed by atoms with E-state index in [2.05, 4.69) is 10.3 Å². The number of carbonyl (C=O) groups excluding carboxylic acids is 2. The van der Waals surface area contributed by atoms with Crippen LogP contribution in [-0.2, 0) is 4.74 Å². The van der Waals surface area contributed by atoms with E-state index in [9.17, 15) is 14.4 Å². The number of pyridine rings is 1. The number of hydrogen-bond acceptors (Lipinski definition) is 4. The molecule has 1 aromatic rings. The molecule has 1 amide bonds. The molecule has 0 radical (unpaired) electrons. The lowest BCUT2D eigenvalue weighted by atomic mass is 10.1. The summed E-state index contributed by atoms with van der Waals surface area (Å²) < 4.78 is 5.11. The molecule has 0 fully saturated rings. The van der Waals surface area contributed by atoms with Crippen LogP contribution in [0.15, 0.2) is 17.1 Å². The van der Waals surface area contributed by atoms with Crippen LogP contribution in [-0.4, -0.2) is 29.0 Å². The molecule has 0 aliphatic rings. The molecule has 0 saturated heterocycles. The van der Waals surface area contributed by atoms with Crippen molar-refractivity contribution >= 4 is 11.9 Å². The van der Waals surface area contributed by atoms with Gasteiger partial charge < -0.3 is 15.0 Å². The third-order valence-electron chi connectivity index (χ3n) is 2.91. The predicted octanol–water partition coefficient (Wildman–Crippen LogP) is 2.56. The summed E-state index contributed by atoms with van der Waals surface area (Å²) >= 11 is 0. The van der Waals surface area contributed by atoms with E-state index in [0.717, 1.165) is 0 Å². The van der Waals surface area contributed by atoms with Crippen molar-refractivity contribution < 1.29 is 14.3 Å². The van der Waals surface area contributed by atoms with Gasteiger partial charge in [-0.1, -0.05) is 0 Å². The minimum atomic E-state index is -0.512. The second-order valence-corrected chi connectivity index (χ2v) is 6.21. The van der Waals surface area contributed by atoms with E-state index < -0.39 is 11.7 Å². The van der Waals surface area contributed by atoms with Gasteiger partial charge in [-0.3, -0.25) is 9.59 Å². The van der Waals surface area contributed by atoms with Crippen molar-refractivity contribution in [3.63, 3.8) is 0 Å². The van der Waals surface area contributed by atoms with Gasteiger partial charge in [-0.15, -0.1) is 0 Å². The molecular weight excluding hydrogens is 284 g/mol. The third-order valence-corrected chi connectivity index (χ3v) is 2.91. The Balaban J connectivity index is 2.27. The molecule has 1 aromatic heterocycles. The zero-order valence-corrected chi connectivity index (χ0v) is 13.6. The summed E-state index contributed by atoms with van der Waals surface area (Å²) in [5.74, 6) is -0.0170. The van der Waals surface area contributed by atoms with Crippen LogP contribution in [0, 0.1) is 6.92 Å². The normalized spacial score (nSPS) is 11.1. The number of rotatable bonds is 6. The molecule has 6 heteroatoms. The number of aromatic nitrogens is 1. The SMILES string of the molecule is Cc1cc(C(=O)CCCCNC(=O)OC(C)(C)C)c[nH]c1=O. The summed E-state index contributed by atoms with van der Waals surface area (Å²) in [5.41, 5.74) is 0.343. The molecule has 0 saturated carbocycles. The number of aryl methyl sites for hydroxylation is 1. The van der Waals surface area contributed by atoms with Crippen LogP contribution < -0.4 is 10.9 Å². The molecule has 6 nitrogen and oxygen atoms in total. The van der Waals surface area contributed by atoms with Gasteiger partial charge in [-0.05, 0) is 46.6 Å². The van der Waals surface area contributed by atoms with Crippen LogP contribution in [0.3, 0.4) is 0 Å². The fourth-order valence-electron chi connectivity index (χ4n) is 1.82. The summed E-state index contributed by atoms with van der Waals surface area (Å²) in [4.78, 5) is 37.1. The second-order valence-electron chi connectivity index (χ2n) is 6.21. The van der Waals surface area contributed by atoms with E-state index in [1.807, 2.05) is 0 Å². The van der Waals surface area contributed by atoms with Crippen LogP contribution >= 0.6 is 0 Å². The molecule has 0 spiro atoms. The Morgan fingerprint density at radius 2 is 1.95 bits per heavy atom. The van der Waals surface area contributed by atoms with Gasteiger partial charge in [0, 0.05) is 30.3 Å². The van der Waals surface area contributed by atoms with Gasteiger partial charge >= 0.3 is 6.09 Å². The highest BCUT2D eigenvalue weighted by molar-refractivity contribution is 5.95.